The molecule has 2 aromatic rings. The van der Waals surface area contributed by atoms with Crippen molar-refractivity contribution in [3.63, 3.8) is 0 Å². The molecule has 28 heavy (non-hydrogen) atoms. The predicted octanol–water partition coefficient (Wildman–Crippen LogP) is 5.25. The van der Waals surface area contributed by atoms with E-state index in [9.17, 15) is 4.79 Å². The lowest BCUT2D eigenvalue weighted by Crippen LogP contribution is -2.21. The molecule has 0 saturated carbocycles. The molecule has 0 saturated heterocycles. The lowest BCUT2D eigenvalue weighted by atomic mass is 10.0. The summed E-state index contributed by atoms with van der Waals surface area (Å²) in [5, 5.41) is 0. The molecule has 2 rings (SSSR count). The quantitative estimate of drug-likeness (QED) is 0.303. The summed E-state index contributed by atoms with van der Waals surface area (Å²) >= 11 is 0. The van der Waals surface area contributed by atoms with E-state index < -0.39 is 18.2 Å². The summed E-state index contributed by atoms with van der Waals surface area (Å²) in [6.45, 7) is 2.77. The summed E-state index contributed by atoms with van der Waals surface area (Å²) < 4.78 is 17.1. The molecule has 0 N–H and O–H groups in total. The third-order valence-corrected chi connectivity index (χ3v) is 4.39. The fourth-order valence-electron chi connectivity index (χ4n) is 2.93. The first-order valence-electron chi connectivity index (χ1n) is 9.64. The number of carbonyl (C=O) groups is 1. The SMILES string of the molecule is C#CC[C@H](OC(=O)[C@@H](OC)c1ccccc1)c1ccccc1OCCCCC. The van der Waals surface area contributed by atoms with Crippen LogP contribution in [0.5, 0.6) is 5.75 Å². The number of esters is 1. The highest BCUT2D eigenvalue weighted by molar-refractivity contribution is 5.77. The molecule has 0 aliphatic rings. The Balaban J connectivity index is 2.16. The first-order valence-corrected chi connectivity index (χ1v) is 9.64. The molecule has 0 amide bonds. The summed E-state index contributed by atoms with van der Waals surface area (Å²) in [6.07, 6.45) is 7.60. The normalized spacial score (nSPS) is 12.6. The van der Waals surface area contributed by atoms with Crippen LogP contribution >= 0.6 is 0 Å². The number of carbonyl (C=O) groups excluding carboxylic acids is 1. The number of para-hydroxylation sites is 1. The Hall–Kier alpha value is -2.77. The minimum atomic E-state index is -0.806. The number of hydrogen-bond donors (Lipinski definition) is 0. The van der Waals surface area contributed by atoms with Crippen molar-refractivity contribution in [2.45, 2.75) is 44.8 Å². The van der Waals surface area contributed by atoms with E-state index in [2.05, 4.69) is 12.8 Å². The molecule has 0 radical (unpaired) electrons. The van der Waals surface area contributed by atoms with Gasteiger partial charge in [-0.15, -0.1) is 12.3 Å². The Kier molecular flexibility index (Phi) is 9.10. The molecule has 2 aromatic carbocycles. The van der Waals surface area contributed by atoms with Crippen LogP contribution in [-0.4, -0.2) is 19.7 Å². The Morgan fingerprint density at radius 2 is 1.79 bits per heavy atom. The van der Waals surface area contributed by atoms with Gasteiger partial charge in [0.1, 0.15) is 11.9 Å². The largest absolute Gasteiger partial charge is 0.493 e. The molecule has 4 nitrogen and oxygen atoms in total. The van der Waals surface area contributed by atoms with E-state index in [1.165, 1.54) is 7.11 Å². The second-order valence-corrected chi connectivity index (χ2v) is 6.45. The van der Waals surface area contributed by atoms with Gasteiger partial charge in [-0.3, -0.25) is 0 Å². The van der Waals surface area contributed by atoms with Gasteiger partial charge in [-0.1, -0.05) is 68.3 Å². The second kappa shape index (κ2) is 11.8. The lowest BCUT2D eigenvalue weighted by Gasteiger charge is -2.22. The zero-order valence-corrected chi connectivity index (χ0v) is 16.6. The van der Waals surface area contributed by atoms with Gasteiger partial charge in [-0.05, 0) is 18.1 Å². The van der Waals surface area contributed by atoms with E-state index in [0.717, 1.165) is 30.4 Å². The van der Waals surface area contributed by atoms with E-state index in [4.69, 9.17) is 20.6 Å². The van der Waals surface area contributed by atoms with Crippen LogP contribution in [0.4, 0.5) is 0 Å². The number of methoxy groups -OCH3 is 1. The summed E-state index contributed by atoms with van der Waals surface area (Å²) in [5.74, 6) is 2.82. The maximum Gasteiger partial charge on any atom is 0.340 e. The van der Waals surface area contributed by atoms with Crippen molar-refractivity contribution >= 4 is 5.97 Å². The van der Waals surface area contributed by atoms with E-state index >= 15 is 0 Å². The van der Waals surface area contributed by atoms with Crippen molar-refractivity contribution in [3.8, 4) is 18.1 Å². The molecule has 0 unspecified atom stereocenters. The average Bonchev–Trinajstić information content (AvgIpc) is 2.72. The highest BCUT2D eigenvalue weighted by Crippen LogP contribution is 2.32. The third kappa shape index (κ3) is 6.14. The smallest absolute Gasteiger partial charge is 0.340 e. The van der Waals surface area contributed by atoms with Crippen LogP contribution < -0.4 is 4.74 Å². The number of unbranched alkanes of at least 4 members (excludes halogenated alkanes) is 2. The maximum atomic E-state index is 12.8. The van der Waals surface area contributed by atoms with E-state index in [0.29, 0.717) is 12.4 Å². The van der Waals surface area contributed by atoms with Crippen LogP contribution in [0.25, 0.3) is 0 Å². The van der Waals surface area contributed by atoms with Gasteiger partial charge in [0.15, 0.2) is 6.10 Å². The summed E-state index contributed by atoms with van der Waals surface area (Å²) in [5.41, 5.74) is 1.51. The van der Waals surface area contributed by atoms with Gasteiger partial charge in [-0.25, -0.2) is 4.79 Å². The van der Waals surface area contributed by atoms with Gasteiger partial charge in [0.25, 0.3) is 0 Å². The molecule has 4 heteroatoms. The van der Waals surface area contributed by atoms with E-state index in [-0.39, 0.29) is 6.42 Å². The minimum absolute atomic E-state index is 0.256. The van der Waals surface area contributed by atoms with Crippen molar-refractivity contribution in [1.82, 2.24) is 0 Å². The minimum Gasteiger partial charge on any atom is -0.493 e. The monoisotopic (exact) mass is 380 g/mol. The van der Waals surface area contributed by atoms with Gasteiger partial charge >= 0.3 is 5.97 Å². The number of benzene rings is 2. The molecule has 0 fully saturated rings. The average molecular weight is 380 g/mol. The van der Waals surface area contributed by atoms with Gasteiger partial charge < -0.3 is 14.2 Å². The number of rotatable bonds is 11. The van der Waals surface area contributed by atoms with Gasteiger partial charge in [-0.2, -0.15) is 0 Å². The molecule has 0 aliphatic heterocycles. The molecule has 0 spiro atoms. The summed E-state index contributed by atoms with van der Waals surface area (Å²) in [4.78, 5) is 12.8. The first-order chi connectivity index (χ1) is 13.7. The third-order valence-electron chi connectivity index (χ3n) is 4.39. The number of ether oxygens (including phenoxy) is 3. The van der Waals surface area contributed by atoms with Crippen LogP contribution in [0.3, 0.4) is 0 Å². The Bertz CT molecular complexity index is 764. The lowest BCUT2D eigenvalue weighted by molar-refractivity contribution is -0.161. The molecule has 148 valence electrons. The Morgan fingerprint density at radius 3 is 2.46 bits per heavy atom. The molecular weight excluding hydrogens is 352 g/mol. The van der Waals surface area contributed by atoms with Crippen molar-refractivity contribution in [3.05, 3.63) is 65.7 Å². The Labute approximate surface area is 167 Å². The fraction of sp³-hybridized carbons (Fsp3) is 0.375. The number of terminal acetylenes is 1. The van der Waals surface area contributed by atoms with Crippen molar-refractivity contribution in [2.24, 2.45) is 0 Å². The molecule has 0 aliphatic carbocycles. The van der Waals surface area contributed by atoms with Crippen LogP contribution in [0, 0.1) is 12.3 Å². The topological polar surface area (TPSA) is 44.8 Å². The highest BCUT2D eigenvalue weighted by Gasteiger charge is 2.27. The van der Waals surface area contributed by atoms with Crippen LogP contribution in [0.2, 0.25) is 0 Å². The van der Waals surface area contributed by atoms with Gasteiger partial charge in [0.05, 0.1) is 13.0 Å². The van der Waals surface area contributed by atoms with E-state index in [1.54, 1.807) is 0 Å². The second-order valence-electron chi connectivity index (χ2n) is 6.45. The zero-order chi connectivity index (χ0) is 20.2. The van der Waals surface area contributed by atoms with Crippen molar-refractivity contribution in [2.75, 3.05) is 13.7 Å². The molecule has 0 heterocycles. The van der Waals surface area contributed by atoms with Crippen LogP contribution in [0.1, 0.15) is 55.9 Å². The van der Waals surface area contributed by atoms with E-state index in [1.807, 2.05) is 54.6 Å². The van der Waals surface area contributed by atoms with Crippen LogP contribution in [0.15, 0.2) is 54.6 Å². The molecule has 0 bridgehead atoms. The van der Waals surface area contributed by atoms with Gasteiger partial charge in [0, 0.05) is 12.7 Å². The standard InChI is InChI=1S/C24H28O4/c1-4-6-12-18-27-21-17-11-10-16-20(21)22(13-5-2)28-24(25)23(26-3)19-14-8-7-9-15-19/h2,7-11,14-17,22-23H,4,6,12-13,18H2,1,3H3/t22-,23-/m0/s1. The van der Waals surface area contributed by atoms with Gasteiger partial charge in [0.2, 0.25) is 0 Å². The fourth-order valence-corrected chi connectivity index (χ4v) is 2.93. The molecule has 0 aromatic heterocycles. The highest BCUT2D eigenvalue weighted by atomic mass is 16.6. The predicted molar refractivity (Wildman–Crippen MR) is 110 cm³/mol. The maximum absolute atomic E-state index is 12.8. The van der Waals surface area contributed by atoms with Crippen LogP contribution in [-0.2, 0) is 14.3 Å². The number of hydrogen-bond acceptors (Lipinski definition) is 4. The molecular formula is C24H28O4. The van der Waals surface area contributed by atoms with Crippen molar-refractivity contribution < 1.29 is 19.0 Å². The first kappa shape index (κ1) is 21.5. The summed E-state index contributed by atoms with van der Waals surface area (Å²) in [6, 6.07) is 16.8. The zero-order valence-electron chi connectivity index (χ0n) is 16.6. The van der Waals surface area contributed by atoms with Crippen molar-refractivity contribution in [1.29, 1.82) is 0 Å². The summed E-state index contributed by atoms with van der Waals surface area (Å²) in [7, 11) is 1.49. The Morgan fingerprint density at radius 1 is 1.07 bits per heavy atom. The molecule has 2 atom stereocenters.